The smallest absolute Gasteiger partial charge is 0.303 e. The van der Waals surface area contributed by atoms with Gasteiger partial charge >= 0.3 is 17.9 Å². The van der Waals surface area contributed by atoms with E-state index >= 15 is 0 Å². The van der Waals surface area contributed by atoms with Gasteiger partial charge in [-0.25, -0.2) is 4.98 Å². The lowest BCUT2D eigenvalue weighted by Gasteiger charge is -2.24. The highest BCUT2D eigenvalue weighted by atomic mass is 16.7. The molecule has 3 heterocycles. The molecule has 3 rings (SSSR count). The lowest BCUT2D eigenvalue weighted by atomic mass is 10.1. The molecule has 1 fully saturated rings. The van der Waals surface area contributed by atoms with Crippen molar-refractivity contribution in [2.45, 2.75) is 51.5 Å². The molecule has 0 spiro atoms. The van der Waals surface area contributed by atoms with Crippen molar-refractivity contribution >= 4 is 29.6 Å². The van der Waals surface area contributed by atoms with Crippen molar-refractivity contribution in [3.8, 4) is 0 Å². The van der Waals surface area contributed by atoms with E-state index in [1.807, 2.05) is 0 Å². The molecule has 2 aliphatic rings. The van der Waals surface area contributed by atoms with E-state index in [-0.39, 0.29) is 24.7 Å². The van der Waals surface area contributed by atoms with Crippen molar-refractivity contribution in [2.24, 2.45) is 0 Å². The van der Waals surface area contributed by atoms with Gasteiger partial charge in [0, 0.05) is 20.8 Å². The van der Waals surface area contributed by atoms with Crippen LogP contribution in [0.4, 0.5) is 5.82 Å². The number of hydrogen-bond acceptors (Lipinski definition) is 11. The fraction of sp³-hybridized carbons (Fsp3) is 0.588. The molecular formula is C17H22N4O9. The first-order valence-electron chi connectivity index (χ1n) is 9.10. The summed E-state index contributed by atoms with van der Waals surface area (Å²) >= 11 is 0. The molecule has 0 bridgehead atoms. The third-order valence-electron chi connectivity index (χ3n) is 4.38. The van der Waals surface area contributed by atoms with E-state index in [1.165, 1.54) is 31.7 Å². The summed E-state index contributed by atoms with van der Waals surface area (Å²) in [6, 6.07) is 0. The molecule has 30 heavy (non-hydrogen) atoms. The van der Waals surface area contributed by atoms with Crippen LogP contribution >= 0.6 is 0 Å². The number of fused-ring (bicyclic) bond motifs is 1. The number of hydrogen-bond donors (Lipinski definition) is 3. The number of esters is 3. The molecule has 13 heteroatoms. The first-order valence-corrected chi connectivity index (χ1v) is 9.10. The largest absolute Gasteiger partial charge is 0.463 e. The normalized spacial score (nSPS) is 27.9. The van der Waals surface area contributed by atoms with E-state index in [0.717, 1.165) is 0 Å². The standard InChI is InChI=1S/C17H22N4O9/c1-7(22)27-5-10-13(28-8(2)23)14(29-9(3)24)17(30-10)21-6-19-12-15(21)18-4-11(25)20-16(12)26/h6,10-11,13-14,17-18,25H,4-5H2,1-3H3,(H,20,26)/t10-,11?,13-,14-,17-/m1/s1. The van der Waals surface area contributed by atoms with Gasteiger partial charge in [0.2, 0.25) is 0 Å². The molecule has 3 N–H and O–H groups in total. The zero-order valence-corrected chi connectivity index (χ0v) is 16.5. The lowest BCUT2D eigenvalue weighted by Crippen LogP contribution is -2.40. The molecule has 1 aromatic heterocycles. The average Bonchev–Trinajstić information content (AvgIpc) is 3.15. The Bertz CT molecular complexity index is 854. The van der Waals surface area contributed by atoms with Crippen molar-refractivity contribution < 1.29 is 43.2 Å². The monoisotopic (exact) mass is 426 g/mol. The second-order valence-electron chi connectivity index (χ2n) is 6.73. The number of amides is 1. The number of aliphatic hydroxyl groups excluding tert-OH is 1. The number of nitrogens with zero attached hydrogens (tertiary/aromatic N) is 2. The molecule has 2 aliphatic heterocycles. The minimum atomic E-state index is -1.14. The van der Waals surface area contributed by atoms with Crippen LogP contribution in [0.3, 0.4) is 0 Å². The highest BCUT2D eigenvalue weighted by molar-refractivity contribution is 5.97. The lowest BCUT2D eigenvalue weighted by molar-refractivity contribution is -0.166. The fourth-order valence-corrected chi connectivity index (χ4v) is 3.28. The van der Waals surface area contributed by atoms with Gasteiger partial charge in [0.1, 0.15) is 24.8 Å². The highest BCUT2D eigenvalue weighted by Gasteiger charge is 2.51. The topological polar surface area (TPSA) is 167 Å². The van der Waals surface area contributed by atoms with Crippen molar-refractivity contribution in [3.05, 3.63) is 12.0 Å². The van der Waals surface area contributed by atoms with Crippen LogP contribution < -0.4 is 10.6 Å². The van der Waals surface area contributed by atoms with Crippen molar-refractivity contribution in [1.82, 2.24) is 14.9 Å². The maximum Gasteiger partial charge on any atom is 0.303 e. The Morgan fingerprint density at radius 1 is 1.20 bits per heavy atom. The highest BCUT2D eigenvalue weighted by Crippen LogP contribution is 2.37. The van der Waals surface area contributed by atoms with Gasteiger partial charge in [0.25, 0.3) is 5.91 Å². The summed E-state index contributed by atoms with van der Waals surface area (Å²) in [6.45, 7) is 3.29. The van der Waals surface area contributed by atoms with Crippen LogP contribution in [0.1, 0.15) is 37.5 Å². The molecule has 1 saturated heterocycles. The molecule has 13 nitrogen and oxygen atoms in total. The van der Waals surface area contributed by atoms with Crippen LogP contribution in [0, 0.1) is 0 Å². The van der Waals surface area contributed by atoms with Gasteiger partial charge in [-0.3, -0.25) is 23.7 Å². The van der Waals surface area contributed by atoms with E-state index in [2.05, 4.69) is 15.6 Å². The number of aliphatic hydroxyl groups is 1. The first-order chi connectivity index (χ1) is 14.2. The molecule has 1 unspecified atom stereocenters. The van der Waals surface area contributed by atoms with Crippen LogP contribution in [-0.2, 0) is 33.3 Å². The Hall–Kier alpha value is -3.19. The Labute approximate surface area is 170 Å². The van der Waals surface area contributed by atoms with Gasteiger partial charge in [-0.05, 0) is 0 Å². The van der Waals surface area contributed by atoms with E-state index in [9.17, 15) is 24.3 Å². The number of β-amino-alcohol motifs (C(OH)–C–C–N with tert-alkyl or cyclic N) is 1. The van der Waals surface area contributed by atoms with Gasteiger partial charge < -0.3 is 34.7 Å². The van der Waals surface area contributed by atoms with Gasteiger partial charge in [-0.15, -0.1) is 0 Å². The summed E-state index contributed by atoms with van der Waals surface area (Å²) in [4.78, 5) is 50.8. The quantitative estimate of drug-likeness (QED) is 0.377. The maximum atomic E-state index is 12.2. The van der Waals surface area contributed by atoms with E-state index < -0.39 is 54.6 Å². The number of nitrogens with one attached hydrogen (secondary N) is 2. The van der Waals surface area contributed by atoms with Crippen molar-refractivity contribution in [2.75, 3.05) is 18.5 Å². The SMILES string of the molecule is CC(=O)OC[C@H]1O[C@@H](n2cnc3c2NCC(O)NC3=O)[C@H](OC(C)=O)[C@@H]1OC(C)=O. The summed E-state index contributed by atoms with van der Waals surface area (Å²) in [5, 5.41) is 15.0. The average molecular weight is 426 g/mol. The Morgan fingerprint density at radius 2 is 1.87 bits per heavy atom. The zero-order chi connectivity index (χ0) is 22.0. The second-order valence-corrected chi connectivity index (χ2v) is 6.73. The number of carbonyl (C=O) groups excluding carboxylic acids is 4. The number of aromatic nitrogens is 2. The molecule has 0 aromatic carbocycles. The minimum absolute atomic E-state index is 0.0100. The van der Waals surface area contributed by atoms with E-state index in [1.54, 1.807) is 0 Å². The molecule has 0 aliphatic carbocycles. The summed E-state index contributed by atoms with van der Waals surface area (Å²) in [5.41, 5.74) is -0.0100. The number of ether oxygens (including phenoxy) is 4. The number of imidazole rings is 1. The van der Waals surface area contributed by atoms with Crippen LogP contribution in [-0.4, -0.2) is 76.2 Å². The zero-order valence-electron chi connectivity index (χ0n) is 16.5. The Kier molecular flexibility index (Phi) is 6.22. The molecule has 1 amide bonds. The molecular weight excluding hydrogens is 404 g/mol. The molecule has 0 radical (unpaired) electrons. The van der Waals surface area contributed by atoms with Crippen molar-refractivity contribution in [3.63, 3.8) is 0 Å². The predicted octanol–water partition coefficient (Wildman–Crippen LogP) is -1.32. The van der Waals surface area contributed by atoms with E-state index in [0.29, 0.717) is 0 Å². The number of carbonyl (C=O) groups is 4. The second kappa shape index (κ2) is 8.67. The fourth-order valence-electron chi connectivity index (χ4n) is 3.28. The Balaban J connectivity index is 1.97. The summed E-state index contributed by atoms with van der Waals surface area (Å²) in [6.07, 6.45) is -4.07. The van der Waals surface area contributed by atoms with Gasteiger partial charge in [0.05, 0.1) is 12.9 Å². The summed E-state index contributed by atoms with van der Waals surface area (Å²) in [7, 11) is 0. The number of anilines is 1. The van der Waals surface area contributed by atoms with E-state index in [4.69, 9.17) is 18.9 Å². The predicted molar refractivity (Wildman–Crippen MR) is 95.8 cm³/mol. The molecule has 5 atom stereocenters. The summed E-state index contributed by atoms with van der Waals surface area (Å²) in [5.74, 6) is -2.29. The van der Waals surface area contributed by atoms with Crippen LogP contribution in [0.15, 0.2) is 6.33 Å². The van der Waals surface area contributed by atoms with Gasteiger partial charge in [-0.2, -0.15) is 0 Å². The van der Waals surface area contributed by atoms with Crippen LogP contribution in [0.2, 0.25) is 0 Å². The Morgan fingerprint density at radius 3 is 2.50 bits per heavy atom. The van der Waals surface area contributed by atoms with Crippen LogP contribution in [0.5, 0.6) is 0 Å². The minimum Gasteiger partial charge on any atom is -0.463 e. The summed E-state index contributed by atoms with van der Waals surface area (Å²) < 4.78 is 22.9. The molecule has 164 valence electrons. The van der Waals surface area contributed by atoms with Crippen LogP contribution in [0.25, 0.3) is 0 Å². The third kappa shape index (κ3) is 4.52. The van der Waals surface area contributed by atoms with Gasteiger partial charge in [0.15, 0.2) is 24.1 Å². The third-order valence-corrected chi connectivity index (χ3v) is 4.38. The van der Waals surface area contributed by atoms with Crippen molar-refractivity contribution in [1.29, 1.82) is 0 Å². The molecule has 0 saturated carbocycles. The number of rotatable bonds is 5. The first kappa shape index (κ1) is 21.5. The maximum absolute atomic E-state index is 12.2. The molecule has 1 aromatic rings. The van der Waals surface area contributed by atoms with Gasteiger partial charge in [-0.1, -0.05) is 0 Å².